The van der Waals surface area contributed by atoms with Crippen molar-refractivity contribution in [2.45, 2.75) is 95.9 Å². The van der Waals surface area contributed by atoms with Gasteiger partial charge in [-0.3, -0.25) is 0 Å². The Morgan fingerprint density at radius 1 is 0.789 bits per heavy atom. The molecule has 0 aromatic carbocycles. The van der Waals surface area contributed by atoms with Gasteiger partial charge in [0.2, 0.25) is 0 Å². The molecule has 3 heteroatoms. The van der Waals surface area contributed by atoms with E-state index in [9.17, 15) is 0 Å². The fraction of sp³-hybridized carbons (Fsp3) is 1.00. The minimum Gasteiger partial charge on any atom is -0.478 e. The van der Waals surface area contributed by atoms with Crippen LogP contribution < -0.4 is 0 Å². The van der Waals surface area contributed by atoms with Gasteiger partial charge in [0.25, 0.3) is 0 Å². The summed E-state index contributed by atoms with van der Waals surface area (Å²) < 4.78 is 11.9. The van der Waals surface area contributed by atoms with Crippen LogP contribution in [0.5, 0.6) is 0 Å². The number of hydrogen-bond acceptors (Lipinski definition) is 2. The lowest BCUT2D eigenvalue weighted by molar-refractivity contribution is -0.0708. The summed E-state index contributed by atoms with van der Waals surface area (Å²) >= 11 is -0.991. The van der Waals surface area contributed by atoms with Crippen LogP contribution in [0.2, 0.25) is 10.6 Å². The van der Waals surface area contributed by atoms with Gasteiger partial charge in [0.05, 0.1) is 0 Å². The Morgan fingerprint density at radius 3 is 1.95 bits per heavy atom. The quantitative estimate of drug-likeness (QED) is 0.237. The molecule has 0 aliphatic heterocycles. The molecular weight excluding hydrogens is 251 g/mol. The molecule has 0 aliphatic rings. The minimum atomic E-state index is -0.991. The van der Waals surface area contributed by atoms with Crippen molar-refractivity contribution >= 4 is 14.5 Å². The summed E-state index contributed by atoms with van der Waals surface area (Å²) in [5.74, 6) is 0. The predicted molar refractivity (Wildman–Crippen MR) is 85.8 cm³/mol. The second-order valence-corrected chi connectivity index (χ2v) is 8.21. The summed E-state index contributed by atoms with van der Waals surface area (Å²) in [4.78, 5) is 0. The first-order valence-corrected chi connectivity index (χ1v) is 10.6. The summed E-state index contributed by atoms with van der Waals surface area (Å²) in [6.45, 7) is 9.70. The van der Waals surface area contributed by atoms with Crippen molar-refractivity contribution in [3.05, 3.63) is 0 Å². The summed E-state index contributed by atoms with van der Waals surface area (Å²) in [6, 6.07) is 0. The van der Waals surface area contributed by atoms with Crippen molar-refractivity contribution in [1.82, 2.24) is 0 Å². The molecule has 0 fully saturated rings. The van der Waals surface area contributed by atoms with Crippen LogP contribution in [-0.4, -0.2) is 27.4 Å². The summed E-state index contributed by atoms with van der Waals surface area (Å²) in [6.07, 6.45) is 10.4. The summed E-state index contributed by atoms with van der Waals surface area (Å²) in [5.41, 5.74) is 0. The standard InChI is InChI=1S/C10H21O2.2C3H7.Al/c1-3-4-5-6-7-8-9-12-10(2)11;2*1-3-2;/h10H,3-9H2,1-2H3;2*1,3H2,2H3;/q-1;;;+1. The van der Waals surface area contributed by atoms with E-state index in [1.54, 1.807) is 0 Å². The van der Waals surface area contributed by atoms with Crippen LogP contribution in [-0.2, 0) is 8.53 Å². The molecule has 0 bridgehead atoms. The smallest absolute Gasteiger partial charge is 0.462 e. The van der Waals surface area contributed by atoms with Gasteiger partial charge < -0.3 is 8.53 Å². The van der Waals surface area contributed by atoms with Gasteiger partial charge in [0, 0.05) is 6.61 Å². The molecule has 0 N–H and O–H groups in total. The van der Waals surface area contributed by atoms with E-state index in [1.807, 2.05) is 0 Å². The highest BCUT2D eigenvalue weighted by Crippen LogP contribution is 2.11. The molecule has 0 spiro atoms. The Morgan fingerprint density at radius 2 is 1.37 bits per heavy atom. The molecule has 0 aromatic heterocycles. The topological polar surface area (TPSA) is 18.5 Å². The van der Waals surface area contributed by atoms with Gasteiger partial charge in [-0.15, -0.1) is 0 Å². The molecule has 0 heterocycles. The largest absolute Gasteiger partial charge is 0.478 e. The van der Waals surface area contributed by atoms with Crippen LogP contribution >= 0.6 is 0 Å². The van der Waals surface area contributed by atoms with E-state index >= 15 is 0 Å². The van der Waals surface area contributed by atoms with Gasteiger partial charge >= 0.3 is 14.5 Å². The van der Waals surface area contributed by atoms with Crippen LogP contribution in [0, 0.1) is 0 Å². The maximum Gasteiger partial charge on any atom is 0.462 e. The zero-order valence-corrected chi connectivity index (χ0v) is 14.9. The predicted octanol–water partition coefficient (Wildman–Crippen LogP) is 5.54. The fourth-order valence-electron chi connectivity index (χ4n) is 2.37. The van der Waals surface area contributed by atoms with Crippen LogP contribution in [0.1, 0.15) is 79.1 Å². The van der Waals surface area contributed by atoms with E-state index in [2.05, 4.69) is 27.7 Å². The third-order valence-electron chi connectivity index (χ3n) is 3.46. The first kappa shape index (κ1) is 19.5. The third-order valence-corrected chi connectivity index (χ3v) is 6.67. The highest BCUT2D eigenvalue weighted by molar-refractivity contribution is 6.51. The minimum absolute atomic E-state index is 0.0189. The normalized spacial score (nSPS) is 12.6. The molecule has 1 atom stereocenters. The van der Waals surface area contributed by atoms with E-state index in [4.69, 9.17) is 8.53 Å². The monoisotopic (exact) mass is 286 g/mol. The van der Waals surface area contributed by atoms with Gasteiger partial charge in [0.15, 0.2) is 0 Å². The summed E-state index contributed by atoms with van der Waals surface area (Å²) in [7, 11) is 0. The van der Waals surface area contributed by atoms with Crippen LogP contribution in [0.3, 0.4) is 0 Å². The Bertz CT molecular complexity index is 170. The van der Waals surface area contributed by atoms with Gasteiger partial charge in [0.1, 0.15) is 6.29 Å². The van der Waals surface area contributed by atoms with Gasteiger partial charge in [-0.2, -0.15) is 0 Å². The Labute approximate surface area is 126 Å². The first-order chi connectivity index (χ1) is 9.24. The second kappa shape index (κ2) is 14.9. The van der Waals surface area contributed by atoms with Crippen LogP contribution in [0.15, 0.2) is 0 Å². The molecule has 0 saturated heterocycles. The Hall–Kier alpha value is 0.452. The fourth-order valence-corrected chi connectivity index (χ4v) is 4.84. The van der Waals surface area contributed by atoms with Gasteiger partial charge in [-0.05, 0) is 13.3 Å². The number of unbranched alkanes of at least 4 members (excludes halogenated alkanes) is 5. The maximum absolute atomic E-state index is 6.09. The van der Waals surface area contributed by atoms with E-state index < -0.39 is 14.5 Å². The molecule has 0 aliphatic carbocycles. The zero-order chi connectivity index (χ0) is 14.3. The lowest BCUT2D eigenvalue weighted by Crippen LogP contribution is -2.25. The molecule has 0 saturated carbocycles. The van der Waals surface area contributed by atoms with Crippen molar-refractivity contribution in [2.75, 3.05) is 6.61 Å². The number of hydrogen-bond donors (Lipinski definition) is 0. The number of rotatable bonds is 14. The molecule has 1 unspecified atom stereocenters. The molecule has 0 amide bonds. The molecule has 0 rings (SSSR count). The average molecular weight is 286 g/mol. The van der Waals surface area contributed by atoms with E-state index in [0.717, 1.165) is 6.61 Å². The van der Waals surface area contributed by atoms with Crippen LogP contribution in [0.25, 0.3) is 0 Å². The zero-order valence-electron chi connectivity index (χ0n) is 13.7. The molecule has 2 nitrogen and oxygen atoms in total. The molecule has 0 aromatic rings. The van der Waals surface area contributed by atoms with Crippen molar-refractivity contribution in [2.24, 2.45) is 0 Å². The van der Waals surface area contributed by atoms with E-state index in [-0.39, 0.29) is 6.29 Å². The Kier molecular flexibility index (Phi) is 15.2. The second-order valence-electron chi connectivity index (χ2n) is 5.54. The van der Waals surface area contributed by atoms with Crippen molar-refractivity contribution < 1.29 is 8.53 Å². The highest BCUT2D eigenvalue weighted by Gasteiger charge is 2.20. The molecule has 19 heavy (non-hydrogen) atoms. The number of ether oxygens (including phenoxy) is 1. The summed E-state index contributed by atoms with van der Waals surface area (Å²) in [5, 5.41) is 2.58. The lowest BCUT2D eigenvalue weighted by Gasteiger charge is -2.19. The van der Waals surface area contributed by atoms with E-state index in [1.165, 1.54) is 61.9 Å². The molecular formula is C16H35AlO2. The van der Waals surface area contributed by atoms with Crippen molar-refractivity contribution in [3.63, 3.8) is 0 Å². The van der Waals surface area contributed by atoms with E-state index in [0.29, 0.717) is 0 Å². The highest BCUT2D eigenvalue weighted by atomic mass is 27.2. The van der Waals surface area contributed by atoms with Crippen LogP contribution in [0.4, 0.5) is 0 Å². The van der Waals surface area contributed by atoms with Crippen molar-refractivity contribution in [3.8, 4) is 0 Å². The van der Waals surface area contributed by atoms with Crippen molar-refractivity contribution in [1.29, 1.82) is 0 Å². The average Bonchev–Trinajstić information content (AvgIpc) is 2.38. The van der Waals surface area contributed by atoms with Gasteiger partial charge in [-0.25, -0.2) is 0 Å². The SMILES string of the molecule is CCCCCCCCOC(C)[O][Al]([CH2]CC)[CH2]CC. The molecule has 114 valence electrons. The first-order valence-electron chi connectivity index (χ1n) is 8.51. The molecule has 0 radical (unpaired) electrons. The van der Waals surface area contributed by atoms with Gasteiger partial charge in [-0.1, -0.05) is 76.3 Å². The lowest BCUT2D eigenvalue weighted by atomic mass is 10.1. The Balaban J connectivity index is 3.48. The third kappa shape index (κ3) is 13.2. The maximum atomic E-state index is 6.09.